The normalized spacial score (nSPS) is 10.0. The van der Waals surface area contributed by atoms with Crippen molar-refractivity contribution in [1.29, 1.82) is 0 Å². The number of carbonyl (C=O) groups is 2. The van der Waals surface area contributed by atoms with E-state index >= 15 is 0 Å². The zero-order chi connectivity index (χ0) is 13.0. The van der Waals surface area contributed by atoms with Gasteiger partial charge in [-0.2, -0.15) is 0 Å². The number of hydrogen-bond acceptors (Lipinski definition) is 6. The molecular formula is C11H12O6. The molecule has 0 aromatic heterocycles. The fourth-order valence-electron chi connectivity index (χ4n) is 1.25. The first kappa shape index (κ1) is 13.0. The summed E-state index contributed by atoms with van der Waals surface area (Å²) < 4.78 is 4.69. The molecule has 0 spiro atoms. The maximum atomic E-state index is 11.4. The lowest BCUT2D eigenvalue weighted by Crippen LogP contribution is -2.09. The van der Waals surface area contributed by atoms with Gasteiger partial charge < -0.3 is 20.1 Å². The summed E-state index contributed by atoms with van der Waals surface area (Å²) in [5, 5.41) is 27.4. The van der Waals surface area contributed by atoms with Gasteiger partial charge in [0.25, 0.3) is 0 Å². The van der Waals surface area contributed by atoms with Crippen LogP contribution in [0.1, 0.15) is 27.6 Å². The molecule has 1 aromatic rings. The second-order valence-corrected chi connectivity index (χ2v) is 3.19. The molecule has 1 aromatic carbocycles. The zero-order valence-corrected chi connectivity index (χ0v) is 9.14. The van der Waals surface area contributed by atoms with E-state index in [1.54, 1.807) is 6.92 Å². The Balaban J connectivity index is 3.23. The number of aliphatic hydroxyl groups is 1. The number of Topliss-reactive ketones (excluding diaryl/α,β-unsaturated/α-hetero) is 1. The monoisotopic (exact) mass is 240 g/mol. The molecule has 6 nitrogen and oxygen atoms in total. The Hall–Kier alpha value is -2.08. The molecule has 0 saturated carbocycles. The summed E-state index contributed by atoms with van der Waals surface area (Å²) in [7, 11) is 0. The molecule has 0 bridgehead atoms. The minimum atomic E-state index is -0.834. The van der Waals surface area contributed by atoms with Crippen LogP contribution in [0.2, 0.25) is 0 Å². The number of carbonyl (C=O) groups excluding carboxylic acids is 2. The van der Waals surface area contributed by atoms with E-state index in [-0.39, 0.29) is 17.7 Å². The van der Waals surface area contributed by atoms with Crippen molar-refractivity contribution in [2.75, 3.05) is 13.2 Å². The van der Waals surface area contributed by atoms with Crippen LogP contribution in [0.4, 0.5) is 0 Å². The number of benzene rings is 1. The van der Waals surface area contributed by atoms with Crippen LogP contribution in [0.5, 0.6) is 11.5 Å². The second-order valence-electron chi connectivity index (χ2n) is 3.19. The standard InChI is InChI=1S/C11H12O6/c1-2-17-11(16)6-3-7(9(14)5-12)10(15)8(13)4-6/h3-4,12-13,15H,2,5H2,1H3. The van der Waals surface area contributed by atoms with Crippen LogP contribution in [0, 0.1) is 0 Å². The van der Waals surface area contributed by atoms with Crippen LogP contribution < -0.4 is 0 Å². The van der Waals surface area contributed by atoms with E-state index in [1.165, 1.54) is 0 Å². The lowest BCUT2D eigenvalue weighted by molar-refractivity contribution is 0.0526. The van der Waals surface area contributed by atoms with Crippen molar-refractivity contribution in [3.8, 4) is 11.5 Å². The summed E-state index contributed by atoms with van der Waals surface area (Å²) in [6.07, 6.45) is 0. The van der Waals surface area contributed by atoms with Crippen LogP contribution in [0.3, 0.4) is 0 Å². The van der Waals surface area contributed by atoms with E-state index < -0.39 is 29.9 Å². The maximum absolute atomic E-state index is 11.4. The van der Waals surface area contributed by atoms with Crippen molar-refractivity contribution in [3.63, 3.8) is 0 Å². The predicted molar refractivity (Wildman–Crippen MR) is 57.1 cm³/mol. The van der Waals surface area contributed by atoms with Gasteiger partial charge in [-0.25, -0.2) is 4.79 Å². The maximum Gasteiger partial charge on any atom is 0.338 e. The van der Waals surface area contributed by atoms with Gasteiger partial charge in [0.2, 0.25) is 0 Å². The number of esters is 1. The number of aliphatic hydroxyl groups excluding tert-OH is 1. The summed E-state index contributed by atoms with van der Waals surface area (Å²) in [5.74, 6) is -2.82. The predicted octanol–water partition coefficient (Wildman–Crippen LogP) is 0.449. The molecule has 0 fully saturated rings. The average molecular weight is 240 g/mol. The molecule has 1 rings (SSSR count). The quantitative estimate of drug-likeness (QED) is 0.401. The molecule has 92 valence electrons. The van der Waals surface area contributed by atoms with E-state index in [0.717, 1.165) is 12.1 Å². The summed E-state index contributed by atoms with van der Waals surface area (Å²) in [6, 6.07) is 2.05. The smallest absolute Gasteiger partial charge is 0.338 e. The van der Waals surface area contributed by atoms with Gasteiger partial charge in [-0.1, -0.05) is 0 Å². The van der Waals surface area contributed by atoms with Crippen LogP contribution >= 0.6 is 0 Å². The first-order valence-corrected chi connectivity index (χ1v) is 4.88. The number of rotatable bonds is 4. The van der Waals surface area contributed by atoms with Crippen LogP contribution in [-0.2, 0) is 4.74 Å². The van der Waals surface area contributed by atoms with Crippen molar-refractivity contribution >= 4 is 11.8 Å². The number of aromatic hydroxyl groups is 2. The molecular weight excluding hydrogens is 228 g/mol. The number of ketones is 1. The summed E-state index contributed by atoms with van der Waals surface area (Å²) in [5.41, 5.74) is -0.394. The van der Waals surface area contributed by atoms with E-state index in [9.17, 15) is 19.8 Å². The molecule has 0 amide bonds. The Bertz CT molecular complexity index is 452. The van der Waals surface area contributed by atoms with Gasteiger partial charge >= 0.3 is 5.97 Å². The molecule has 0 unspecified atom stereocenters. The van der Waals surface area contributed by atoms with E-state index in [1.807, 2.05) is 0 Å². The highest BCUT2D eigenvalue weighted by Gasteiger charge is 2.18. The van der Waals surface area contributed by atoms with Gasteiger partial charge in [0.05, 0.1) is 17.7 Å². The first-order chi connectivity index (χ1) is 8.01. The third-order valence-corrected chi connectivity index (χ3v) is 2.04. The molecule has 3 N–H and O–H groups in total. The molecule has 0 atom stereocenters. The Labute approximate surface area is 97.1 Å². The van der Waals surface area contributed by atoms with Crippen molar-refractivity contribution in [3.05, 3.63) is 23.3 Å². The third kappa shape index (κ3) is 2.73. The minimum Gasteiger partial charge on any atom is -0.504 e. The van der Waals surface area contributed by atoms with Crippen molar-refractivity contribution < 1.29 is 29.6 Å². The van der Waals surface area contributed by atoms with E-state index in [0.29, 0.717) is 0 Å². The molecule has 0 radical (unpaired) electrons. The van der Waals surface area contributed by atoms with Crippen molar-refractivity contribution in [2.24, 2.45) is 0 Å². The Morgan fingerprint density at radius 1 is 1.29 bits per heavy atom. The van der Waals surface area contributed by atoms with Gasteiger partial charge in [-0.3, -0.25) is 4.79 Å². The number of phenols is 2. The van der Waals surface area contributed by atoms with Crippen molar-refractivity contribution in [2.45, 2.75) is 6.92 Å². The largest absolute Gasteiger partial charge is 0.504 e. The summed E-state index contributed by atoms with van der Waals surface area (Å²) >= 11 is 0. The van der Waals surface area contributed by atoms with E-state index in [2.05, 4.69) is 4.74 Å². The van der Waals surface area contributed by atoms with Crippen LogP contribution in [0.15, 0.2) is 12.1 Å². The molecule has 0 aliphatic rings. The molecule has 17 heavy (non-hydrogen) atoms. The number of phenolic OH excluding ortho intramolecular Hbond substituents is 2. The highest BCUT2D eigenvalue weighted by molar-refractivity contribution is 6.02. The Morgan fingerprint density at radius 3 is 2.47 bits per heavy atom. The number of hydrogen-bond donors (Lipinski definition) is 3. The minimum absolute atomic E-state index is 0.0704. The lowest BCUT2D eigenvalue weighted by Gasteiger charge is -2.07. The molecule has 0 aliphatic heterocycles. The fraction of sp³-hybridized carbons (Fsp3) is 0.273. The topological polar surface area (TPSA) is 104 Å². The van der Waals surface area contributed by atoms with Gasteiger partial charge in [0, 0.05) is 0 Å². The number of ether oxygens (including phenoxy) is 1. The molecule has 0 heterocycles. The molecule has 0 saturated heterocycles. The van der Waals surface area contributed by atoms with Gasteiger partial charge in [0.1, 0.15) is 6.61 Å². The van der Waals surface area contributed by atoms with E-state index in [4.69, 9.17) is 5.11 Å². The Kier molecular flexibility index (Phi) is 4.06. The zero-order valence-electron chi connectivity index (χ0n) is 9.14. The van der Waals surface area contributed by atoms with Crippen LogP contribution in [0.25, 0.3) is 0 Å². The highest BCUT2D eigenvalue weighted by atomic mass is 16.5. The molecule has 6 heteroatoms. The fourth-order valence-corrected chi connectivity index (χ4v) is 1.25. The van der Waals surface area contributed by atoms with Gasteiger partial charge in [-0.05, 0) is 19.1 Å². The SMILES string of the molecule is CCOC(=O)c1cc(O)c(O)c(C(=O)CO)c1. The Morgan fingerprint density at radius 2 is 1.94 bits per heavy atom. The average Bonchev–Trinajstić information content (AvgIpc) is 2.31. The second kappa shape index (κ2) is 5.31. The highest BCUT2D eigenvalue weighted by Crippen LogP contribution is 2.31. The van der Waals surface area contributed by atoms with Gasteiger partial charge in [0.15, 0.2) is 17.3 Å². The first-order valence-electron chi connectivity index (χ1n) is 4.88. The van der Waals surface area contributed by atoms with Crippen LogP contribution in [-0.4, -0.2) is 40.3 Å². The lowest BCUT2D eigenvalue weighted by atomic mass is 10.1. The summed E-state index contributed by atoms with van der Waals surface area (Å²) in [6.45, 7) is 0.918. The van der Waals surface area contributed by atoms with Crippen molar-refractivity contribution in [1.82, 2.24) is 0 Å². The third-order valence-electron chi connectivity index (χ3n) is 2.04. The summed E-state index contributed by atoms with van der Waals surface area (Å²) in [4.78, 5) is 22.6. The molecule has 0 aliphatic carbocycles. The van der Waals surface area contributed by atoms with Gasteiger partial charge in [-0.15, -0.1) is 0 Å².